The molecule has 1 aromatic heterocycles. The van der Waals surface area contributed by atoms with Crippen LogP contribution >= 0.6 is 0 Å². The van der Waals surface area contributed by atoms with E-state index < -0.39 is 0 Å². The fraction of sp³-hybridized carbons (Fsp3) is 0.500. The first-order chi connectivity index (χ1) is 12.0. The normalized spacial score (nSPS) is 20.6. The van der Waals surface area contributed by atoms with Crippen molar-refractivity contribution in [2.75, 3.05) is 13.1 Å². The highest BCUT2D eigenvalue weighted by molar-refractivity contribution is 5.97. The van der Waals surface area contributed by atoms with E-state index in [0.29, 0.717) is 29.8 Å². The van der Waals surface area contributed by atoms with Crippen LogP contribution in [-0.4, -0.2) is 29.1 Å². The molecular weight excluding hydrogens is 316 g/mol. The van der Waals surface area contributed by atoms with Gasteiger partial charge in [-0.05, 0) is 44.2 Å². The van der Waals surface area contributed by atoms with Gasteiger partial charge >= 0.3 is 0 Å². The number of benzene rings is 1. The SMILES string of the molecule is Cc1noc(C)c1COc1ccccc1C(=O)N1CC(C)CC(C)C1. The van der Waals surface area contributed by atoms with Crippen molar-refractivity contribution in [3.63, 3.8) is 0 Å². The fourth-order valence-corrected chi connectivity index (χ4v) is 3.63. The number of likely N-dealkylation sites (tertiary alicyclic amines) is 1. The lowest BCUT2D eigenvalue weighted by Crippen LogP contribution is -2.42. The zero-order valence-corrected chi connectivity index (χ0v) is 15.4. The number of ether oxygens (including phenoxy) is 1. The molecule has 5 nitrogen and oxygen atoms in total. The van der Waals surface area contributed by atoms with Gasteiger partial charge in [0.05, 0.1) is 16.8 Å². The molecule has 3 rings (SSSR count). The third-order valence-electron chi connectivity index (χ3n) is 4.83. The first kappa shape index (κ1) is 17.5. The minimum Gasteiger partial charge on any atom is -0.488 e. The Bertz CT molecular complexity index is 724. The number of carbonyl (C=O) groups is 1. The number of para-hydroxylation sites is 1. The largest absolute Gasteiger partial charge is 0.488 e. The van der Waals surface area contributed by atoms with E-state index in [2.05, 4.69) is 19.0 Å². The van der Waals surface area contributed by atoms with Crippen molar-refractivity contribution in [3.8, 4) is 5.75 Å². The molecule has 2 aromatic rings. The van der Waals surface area contributed by atoms with Crippen LogP contribution in [0.15, 0.2) is 28.8 Å². The Kier molecular flexibility index (Phi) is 5.11. The maximum atomic E-state index is 13.0. The summed E-state index contributed by atoms with van der Waals surface area (Å²) in [5.74, 6) is 2.47. The van der Waals surface area contributed by atoms with E-state index in [1.54, 1.807) is 0 Å². The van der Waals surface area contributed by atoms with Crippen molar-refractivity contribution in [1.82, 2.24) is 10.1 Å². The number of amides is 1. The van der Waals surface area contributed by atoms with Crippen LogP contribution in [0.2, 0.25) is 0 Å². The van der Waals surface area contributed by atoms with Gasteiger partial charge in [-0.3, -0.25) is 4.79 Å². The number of rotatable bonds is 4. The zero-order valence-electron chi connectivity index (χ0n) is 15.4. The third kappa shape index (κ3) is 3.86. The lowest BCUT2D eigenvalue weighted by Gasteiger charge is -2.35. The number of aryl methyl sites for hydroxylation is 2. The Hall–Kier alpha value is -2.30. The van der Waals surface area contributed by atoms with Crippen LogP contribution in [0.25, 0.3) is 0 Å². The smallest absolute Gasteiger partial charge is 0.257 e. The molecule has 1 aliphatic rings. The summed E-state index contributed by atoms with van der Waals surface area (Å²) in [6, 6.07) is 7.46. The van der Waals surface area contributed by atoms with Crippen LogP contribution in [0, 0.1) is 25.7 Å². The molecule has 1 amide bonds. The molecule has 5 heteroatoms. The predicted octanol–water partition coefficient (Wildman–Crippen LogP) is 3.99. The second-order valence-electron chi connectivity index (χ2n) is 7.24. The maximum Gasteiger partial charge on any atom is 0.257 e. The van der Waals surface area contributed by atoms with Crippen molar-refractivity contribution in [2.24, 2.45) is 11.8 Å². The van der Waals surface area contributed by atoms with Crippen molar-refractivity contribution in [3.05, 3.63) is 46.8 Å². The van der Waals surface area contributed by atoms with Crippen LogP contribution in [0.1, 0.15) is 47.6 Å². The molecule has 134 valence electrons. The molecule has 2 heterocycles. The second kappa shape index (κ2) is 7.30. The number of nitrogens with zero attached hydrogens (tertiary/aromatic N) is 2. The summed E-state index contributed by atoms with van der Waals surface area (Å²) in [6.07, 6.45) is 1.17. The molecule has 0 bridgehead atoms. The molecule has 0 aliphatic carbocycles. The van der Waals surface area contributed by atoms with E-state index >= 15 is 0 Å². The summed E-state index contributed by atoms with van der Waals surface area (Å²) in [4.78, 5) is 15.0. The Morgan fingerprint density at radius 1 is 1.24 bits per heavy atom. The molecule has 0 spiro atoms. The summed E-state index contributed by atoms with van der Waals surface area (Å²) in [5.41, 5.74) is 2.37. The minimum absolute atomic E-state index is 0.0489. The number of hydrogen-bond acceptors (Lipinski definition) is 4. The summed E-state index contributed by atoms with van der Waals surface area (Å²) >= 11 is 0. The molecule has 0 saturated carbocycles. The van der Waals surface area contributed by atoms with Crippen molar-refractivity contribution >= 4 is 5.91 Å². The van der Waals surface area contributed by atoms with E-state index in [1.165, 1.54) is 6.42 Å². The van der Waals surface area contributed by atoms with E-state index in [9.17, 15) is 4.79 Å². The average Bonchev–Trinajstić information content (AvgIpc) is 2.90. The minimum atomic E-state index is 0.0489. The standard InChI is InChI=1S/C20H26N2O3/c1-13-9-14(2)11-22(10-13)20(23)17-7-5-6-8-19(17)24-12-18-15(3)21-25-16(18)4/h5-8,13-14H,9-12H2,1-4H3. The molecule has 0 N–H and O–H groups in total. The third-order valence-corrected chi connectivity index (χ3v) is 4.83. The Balaban J connectivity index is 1.77. The van der Waals surface area contributed by atoms with E-state index in [0.717, 1.165) is 30.1 Å². The Morgan fingerprint density at radius 3 is 2.56 bits per heavy atom. The molecule has 2 unspecified atom stereocenters. The molecule has 25 heavy (non-hydrogen) atoms. The molecular formula is C20H26N2O3. The molecule has 2 atom stereocenters. The molecule has 1 aromatic carbocycles. The highest BCUT2D eigenvalue weighted by Gasteiger charge is 2.27. The van der Waals surface area contributed by atoms with Gasteiger partial charge in [0, 0.05) is 13.1 Å². The second-order valence-corrected chi connectivity index (χ2v) is 7.24. The first-order valence-electron chi connectivity index (χ1n) is 8.88. The van der Waals surface area contributed by atoms with Crippen LogP contribution in [0.4, 0.5) is 0 Å². The monoisotopic (exact) mass is 342 g/mol. The summed E-state index contributed by atoms with van der Waals surface area (Å²) in [6.45, 7) is 10.1. The summed E-state index contributed by atoms with van der Waals surface area (Å²) < 4.78 is 11.1. The van der Waals surface area contributed by atoms with Gasteiger partial charge in [0.25, 0.3) is 5.91 Å². The fourth-order valence-electron chi connectivity index (χ4n) is 3.63. The van der Waals surface area contributed by atoms with Gasteiger partial charge in [0.15, 0.2) is 0 Å². The van der Waals surface area contributed by atoms with E-state index in [-0.39, 0.29) is 5.91 Å². The van der Waals surface area contributed by atoms with Crippen molar-refractivity contribution in [1.29, 1.82) is 0 Å². The highest BCUT2D eigenvalue weighted by Crippen LogP contribution is 2.27. The van der Waals surface area contributed by atoms with Gasteiger partial charge in [0.2, 0.25) is 0 Å². The number of hydrogen-bond donors (Lipinski definition) is 0. The average molecular weight is 342 g/mol. The van der Waals surface area contributed by atoms with Gasteiger partial charge in [-0.2, -0.15) is 0 Å². The van der Waals surface area contributed by atoms with Gasteiger partial charge < -0.3 is 14.2 Å². The van der Waals surface area contributed by atoms with Crippen molar-refractivity contribution in [2.45, 2.75) is 40.7 Å². The Morgan fingerprint density at radius 2 is 1.92 bits per heavy atom. The highest BCUT2D eigenvalue weighted by atomic mass is 16.5. The van der Waals surface area contributed by atoms with Crippen molar-refractivity contribution < 1.29 is 14.1 Å². The number of piperidine rings is 1. The first-order valence-corrected chi connectivity index (χ1v) is 8.88. The number of carbonyl (C=O) groups excluding carboxylic acids is 1. The Labute approximate surface area is 148 Å². The van der Waals surface area contributed by atoms with Crippen LogP contribution in [0.5, 0.6) is 5.75 Å². The van der Waals surface area contributed by atoms with Gasteiger partial charge in [0.1, 0.15) is 18.1 Å². The van der Waals surface area contributed by atoms with E-state index in [4.69, 9.17) is 9.26 Å². The van der Waals surface area contributed by atoms with E-state index in [1.807, 2.05) is 43.0 Å². The molecule has 1 saturated heterocycles. The molecule has 1 aliphatic heterocycles. The van der Waals surface area contributed by atoms with Crippen LogP contribution < -0.4 is 4.74 Å². The summed E-state index contributed by atoms with van der Waals surface area (Å²) in [7, 11) is 0. The number of aromatic nitrogens is 1. The quantitative estimate of drug-likeness (QED) is 0.843. The maximum absolute atomic E-state index is 13.0. The lowest BCUT2D eigenvalue weighted by molar-refractivity contribution is 0.0618. The predicted molar refractivity (Wildman–Crippen MR) is 95.6 cm³/mol. The zero-order chi connectivity index (χ0) is 18.0. The topological polar surface area (TPSA) is 55.6 Å². The molecule has 1 fully saturated rings. The van der Waals surface area contributed by atoms with Crippen LogP contribution in [-0.2, 0) is 6.61 Å². The summed E-state index contributed by atoms with van der Waals surface area (Å²) in [5, 5.41) is 3.95. The van der Waals surface area contributed by atoms with Gasteiger partial charge in [-0.15, -0.1) is 0 Å². The van der Waals surface area contributed by atoms with Gasteiger partial charge in [-0.1, -0.05) is 31.1 Å². The van der Waals surface area contributed by atoms with Crippen LogP contribution in [0.3, 0.4) is 0 Å². The van der Waals surface area contributed by atoms with Gasteiger partial charge in [-0.25, -0.2) is 0 Å². The lowest BCUT2D eigenvalue weighted by atomic mass is 9.91. The molecule has 0 radical (unpaired) electrons.